The summed E-state index contributed by atoms with van der Waals surface area (Å²) in [7, 11) is 14.8. The fourth-order valence-electron chi connectivity index (χ4n) is 1.60. The summed E-state index contributed by atoms with van der Waals surface area (Å²) in [4.78, 5) is 0. The summed E-state index contributed by atoms with van der Waals surface area (Å²) in [5.41, 5.74) is 0. The number of hydrogen-bond acceptors (Lipinski definition) is 0. The molecule has 29 heavy (non-hydrogen) atoms. The van der Waals surface area contributed by atoms with Gasteiger partial charge in [-0.3, -0.25) is 0 Å². The zero-order chi connectivity index (χ0) is 21.3. The molecule has 0 amide bonds. The van der Waals surface area contributed by atoms with Crippen LogP contribution in [0.5, 0.6) is 0 Å². The Hall–Kier alpha value is -1.76. The Kier molecular flexibility index (Phi) is 22.8. The third kappa shape index (κ3) is 28.6. The molecule has 0 heterocycles. The summed E-state index contributed by atoms with van der Waals surface area (Å²) in [6, 6.07) is 50.0. The monoisotopic (exact) mass is 533 g/mol. The van der Waals surface area contributed by atoms with Crippen molar-refractivity contribution in [1.82, 2.24) is 0 Å². The quantitative estimate of drug-likeness (QED) is 0.137. The van der Waals surface area contributed by atoms with Crippen LogP contribution >= 0.6 is 29.1 Å². The predicted octanol–water partition coefficient (Wildman–Crippen LogP) is 9.09. The van der Waals surface area contributed by atoms with Crippen LogP contribution in [0, 0.1) is 0 Å². The number of halogens is 3. The molecule has 0 saturated carbocycles. The third-order valence-corrected chi connectivity index (χ3v) is 2.78. The molecule has 0 aliphatic rings. The molecule has 0 aliphatic heterocycles. The van der Waals surface area contributed by atoms with E-state index in [0.29, 0.717) is 0 Å². The summed E-state index contributed by atoms with van der Waals surface area (Å²) in [5, 5.41) is 0. The Morgan fingerprint density at radius 1 is 0.310 bits per heavy atom. The molecule has 5 aromatic carbocycles. The van der Waals surface area contributed by atoms with E-state index >= 15 is 0 Å². The van der Waals surface area contributed by atoms with Crippen LogP contribution in [0.25, 0.3) is 0 Å². The van der Waals surface area contributed by atoms with Crippen molar-refractivity contribution in [2.24, 2.45) is 0 Å². The molecule has 4 heteroatoms. The summed E-state index contributed by atoms with van der Waals surface area (Å²) in [5.74, 6) is 0. The molecule has 0 spiro atoms. The van der Waals surface area contributed by atoms with Gasteiger partial charge in [0.2, 0.25) is 0 Å². The summed E-state index contributed by atoms with van der Waals surface area (Å²) >= 11 is -1.66. The van der Waals surface area contributed by atoms with Gasteiger partial charge in [0.15, 0.2) is 0 Å². The Labute approximate surface area is 192 Å². The molecule has 0 nitrogen and oxygen atoms in total. The van der Waals surface area contributed by atoms with Crippen molar-refractivity contribution in [3.05, 3.63) is 152 Å². The van der Waals surface area contributed by atoms with Gasteiger partial charge in [-0.2, -0.15) is 91.0 Å². The first-order valence-corrected chi connectivity index (χ1v) is 15.0. The second kappa shape index (κ2) is 24.3. The van der Waals surface area contributed by atoms with Gasteiger partial charge in [0, 0.05) is 0 Å². The Bertz CT molecular complexity index is 495. The molecule has 0 atom stereocenters. The van der Waals surface area contributed by atoms with Crippen LogP contribution in [0.15, 0.2) is 152 Å². The number of hydrogen-bond donors (Lipinski definition) is 0. The Balaban J connectivity index is 0.000000325. The molecule has 0 aliphatic carbocycles. The molecule has 0 unspecified atom stereocenters. The molecule has 0 aromatic heterocycles. The van der Waals surface area contributed by atoms with E-state index in [9.17, 15) is 0 Å². The zero-order valence-corrected chi connectivity index (χ0v) is 19.8. The van der Waals surface area contributed by atoms with Crippen molar-refractivity contribution in [2.75, 3.05) is 0 Å². The number of rotatable bonds is 0. The van der Waals surface area contributed by atoms with Gasteiger partial charge in [-0.1, -0.05) is 0 Å². The molecule has 0 N–H and O–H groups in total. The van der Waals surface area contributed by atoms with E-state index in [1.165, 1.54) is 0 Å². The normalized spacial score (nSPS) is 8.45. The smallest absolute Gasteiger partial charge is 0.172 e. The van der Waals surface area contributed by atoms with E-state index in [0.717, 1.165) is 0 Å². The first-order valence-electron chi connectivity index (χ1n) is 8.71. The standard InChI is InChI=1S/5C5H5.3ClH.Rh/c5*1-2-4-5-3-1;;;;/h5*1-5H;3*1H;/q5*-1;;;;+3/p-3. The largest absolute Gasteiger partial charge is 0.214 e. The van der Waals surface area contributed by atoms with Crippen LogP contribution in [0.1, 0.15) is 0 Å². The first kappa shape index (κ1) is 27.2. The van der Waals surface area contributed by atoms with Gasteiger partial charge in [0.1, 0.15) is 0 Å². The summed E-state index contributed by atoms with van der Waals surface area (Å²) in [6.07, 6.45) is 0. The first-order chi connectivity index (χ1) is 14.2. The van der Waals surface area contributed by atoms with Crippen molar-refractivity contribution >= 4 is 29.1 Å². The van der Waals surface area contributed by atoms with Crippen LogP contribution < -0.4 is 0 Å². The van der Waals surface area contributed by atoms with Gasteiger partial charge in [-0.15, -0.1) is 0 Å². The molecule has 0 bridgehead atoms. The van der Waals surface area contributed by atoms with Crippen molar-refractivity contribution < 1.29 is 13.0 Å². The second-order valence-electron chi connectivity index (χ2n) is 4.95. The topological polar surface area (TPSA) is 0 Å². The van der Waals surface area contributed by atoms with Crippen molar-refractivity contribution in [3.63, 3.8) is 0 Å². The van der Waals surface area contributed by atoms with Gasteiger partial charge >= 0.3 is 42.1 Å². The van der Waals surface area contributed by atoms with Crippen molar-refractivity contribution in [2.45, 2.75) is 0 Å². The maximum Gasteiger partial charge on any atom is -0.172 e. The van der Waals surface area contributed by atoms with Crippen LogP contribution in [0.2, 0.25) is 0 Å². The van der Waals surface area contributed by atoms with E-state index < -0.39 is 13.0 Å². The van der Waals surface area contributed by atoms with Gasteiger partial charge in [-0.05, 0) is 0 Å². The SMILES string of the molecule is [Cl][Rh]([Cl])[Cl].c1cc[cH-]c1.c1cc[cH-]c1.c1cc[cH-]c1.c1cc[cH-]c1.c1cc[cH-]c1. The molecule has 5 rings (SSSR count). The van der Waals surface area contributed by atoms with Gasteiger partial charge in [0.25, 0.3) is 0 Å². The molecule has 0 radical (unpaired) electrons. The molecule has 5 aromatic rings. The maximum absolute atomic E-state index is 4.94. The maximum atomic E-state index is 4.94. The minimum Gasteiger partial charge on any atom is -0.214 e. The zero-order valence-electron chi connectivity index (χ0n) is 15.9. The molecular weight excluding hydrogens is 510 g/mol. The Morgan fingerprint density at radius 2 is 0.414 bits per heavy atom. The van der Waals surface area contributed by atoms with Crippen LogP contribution in [0.4, 0.5) is 0 Å². The molecule has 0 fully saturated rings. The van der Waals surface area contributed by atoms with E-state index in [4.69, 9.17) is 29.1 Å². The molecule has 160 valence electrons. The van der Waals surface area contributed by atoms with Crippen LogP contribution in [0.3, 0.4) is 0 Å². The van der Waals surface area contributed by atoms with E-state index in [2.05, 4.69) is 0 Å². The molecule has 0 saturated heterocycles. The fraction of sp³-hybridized carbons (Fsp3) is 0. The molecular formula is C25H25Cl3Rh-5. The Morgan fingerprint density at radius 3 is 0.448 bits per heavy atom. The average molecular weight is 535 g/mol. The van der Waals surface area contributed by atoms with Crippen LogP contribution in [-0.2, 0) is 13.0 Å². The van der Waals surface area contributed by atoms with Gasteiger partial charge in [-0.25, -0.2) is 60.7 Å². The van der Waals surface area contributed by atoms with Crippen molar-refractivity contribution in [3.8, 4) is 0 Å². The van der Waals surface area contributed by atoms with E-state index in [-0.39, 0.29) is 0 Å². The second-order valence-corrected chi connectivity index (χ2v) is 12.4. The van der Waals surface area contributed by atoms with E-state index in [1.807, 2.05) is 152 Å². The fourth-order valence-corrected chi connectivity index (χ4v) is 1.60. The van der Waals surface area contributed by atoms with Gasteiger partial charge < -0.3 is 0 Å². The minimum atomic E-state index is -1.66. The predicted molar refractivity (Wildman–Crippen MR) is 128 cm³/mol. The summed E-state index contributed by atoms with van der Waals surface area (Å²) < 4.78 is 0. The minimum absolute atomic E-state index is 1.66. The van der Waals surface area contributed by atoms with Crippen molar-refractivity contribution in [1.29, 1.82) is 0 Å². The third-order valence-electron chi connectivity index (χ3n) is 2.78. The average Bonchev–Trinajstić information content (AvgIpc) is 3.62. The van der Waals surface area contributed by atoms with Crippen LogP contribution in [-0.4, -0.2) is 0 Å². The van der Waals surface area contributed by atoms with E-state index in [1.54, 1.807) is 0 Å². The summed E-state index contributed by atoms with van der Waals surface area (Å²) in [6.45, 7) is 0. The van der Waals surface area contributed by atoms with Gasteiger partial charge in [0.05, 0.1) is 0 Å².